The van der Waals surface area contributed by atoms with Gasteiger partial charge in [-0.05, 0) is 69.2 Å². The Morgan fingerprint density at radius 1 is 1.12 bits per heavy atom. The van der Waals surface area contributed by atoms with E-state index >= 15 is 4.39 Å². The molecule has 3 fully saturated rings. The number of hydrogen-bond donors (Lipinski definition) is 3. The number of hydrogen-bond acceptors (Lipinski definition) is 4. The van der Waals surface area contributed by atoms with Crippen molar-refractivity contribution in [2.75, 3.05) is 13.1 Å². The third kappa shape index (κ3) is 6.35. The van der Waals surface area contributed by atoms with Gasteiger partial charge in [-0.1, -0.05) is 20.8 Å². The molecule has 4 unspecified atom stereocenters. The van der Waals surface area contributed by atoms with Crippen LogP contribution in [0, 0.1) is 17.3 Å². The molecule has 4 N–H and O–H groups in total. The van der Waals surface area contributed by atoms with Gasteiger partial charge in [-0.25, -0.2) is 4.39 Å². The molecule has 1 amide bonds. The van der Waals surface area contributed by atoms with E-state index in [1.165, 1.54) is 0 Å². The Hall–Kier alpha value is -0.930. The second-order valence-electron chi connectivity index (χ2n) is 11.2. The van der Waals surface area contributed by atoms with Crippen LogP contribution in [-0.4, -0.2) is 60.5 Å². The maximum atomic E-state index is 15.7. The van der Waals surface area contributed by atoms with Crippen molar-refractivity contribution in [2.24, 2.45) is 23.0 Å². The molecule has 9 heteroatoms. The van der Waals surface area contributed by atoms with Crippen LogP contribution in [0.5, 0.6) is 0 Å². The molecule has 5 nitrogen and oxygen atoms in total. The van der Waals surface area contributed by atoms with Crippen LogP contribution in [0.25, 0.3) is 0 Å². The highest BCUT2D eigenvalue weighted by Gasteiger charge is 2.47. The molecule has 0 bridgehead atoms. The molecule has 3 rings (SSSR count). The van der Waals surface area contributed by atoms with Crippen LogP contribution in [-0.2, 0) is 4.79 Å². The monoisotopic (exact) mass is 464 g/mol. The lowest BCUT2D eigenvalue weighted by atomic mass is 9.77. The van der Waals surface area contributed by atoms with Crippen LogP contribution in [0.3, 0.4) is 0 Å². The molecule has 32 heavy (non-hydrogen) atoms. The zero-order valence-electron chi connectivity index (χ0n) is 19.6. The van der Waals surface area contributed by atoms with Gasteiger partial charge in [-0.3, -0.25) is 20.3 Å². The number of amides is 1. The number of primary amides is 1. The molecule has 2 saturated heterocycles. The topological polar surface area (TPSA) is 70.4 Å². The second kappa shape index (κ2) is 10.1. The van der Waals surface area contributed by atoms with E-state index < -0.39 is 42.4 Å². The fourth-order valence-corrected chi connectivity index (χ4v) is 5.96. The molecule has 1 saturated carbocycles. The summed E-state index contributed by atoms with van der Waals surface area (Å²) >= 11 is 0. The van der Waals surface area contributed by atoms with Crippen molar-refractivity contribution in [1.82, 2.24) is 15.5 Å². The quantitative estimate of drug-likeness (QED) is 0.524. The average molecular weight is 465 g/mol. The lowest BCUT2D eigenvalue weighted by Gasteiger charge is -2.45. The smallest absolute Gasteiger partial charge is 0.368 e. The van der Waals surface area contributed by atoms with Crippen LogP contribution >= 0.6 is 0 Å². The molecule has 186 valence electrons. The number of alkyl halides is 4. The molecule has 2 heterocycles. The summed E-state index contributed by atoms with van der Waals surface area (Å²) in [5.41, 5.74) is 5.47. The number of nitrogens with one attached hydrogen (secondary N) is 2. The van der Waals surface area contributed by atoms with E-state index in [2.05, 4.69) is 15.5 Å². The Labute approximate surface area is 189 Å². The SMILES string of the molecule is CC(C)(C)C[C@@H](NC1CCNC(N2CCCC2C2CCC(C(F)(F)F)CC2)C1F)C(N)=O. The van der Waals surface area contributed by atoms with E-state index in [-0.39, 0.29) is 30.2 Å². The van der Waals surface area contributed by atoms with Gasteiger partial charge in [0.25, 0.3) is 0 Å². The number of nitrogens with two attached hydrogens (primary N) is 1. The van der Waals surface area contributed by atoms with Gasteiger partial charge in [0.05, 0.1) is 18.1 Å². The lowest BCUT2D eigenvalue weighted by Crippen LogP contribution is -2.65. The normalized spacial score (nSPS) is 36.2. The van der Waals surface area contributed by atoms with Crippen LogP contribution in [0.1, 0.15) is 72.1 Å². The highest BCUT2D eigenvalue weighted by Crippen LogP contribution is 2.43. The predicted molar refractivity (Wildman–Crippen MR) is 117 cm³/mol. The third-order valence-corrected chi connectivity index (χ3v) is 7.55. The highest BCUT2D eigenvalue weighted by molar-refractivity contribution is 5.79. The van der Waals surface area contributed by atoms with E-state index in [9.17, 15) is 18.0 Å². The van der Waals surface area contributed by atoms with E-state index in [4.69, 9.17) is 5.73 Å². The highest BCUT2D eigenvalue weighted by atomic mass is 19.4. The molecular weight excluding hydrogens is 424 g/mol. The number of carbonyl (C=O) groups is 1. The summed E-state index contributed by atoms with van der Waals surface area (Å²) in [4.78, 5) is 14.1. The van der Waals surface area contributed by atoms with Crippen molar-refractivity contribution in [1.29, 1.82) is 0 Å². The molecule has 0 spiro atoms. The minimum atomic E-state index is -4.11. The van der Waals surface area contributed by atoms with Crippen LogP contribution in [0.4, 0.5) is 17.6 Å². The third-order valence-electron chi connectivity index (χ3n) is 7.55. The standard InChI is InChI=1S/C23H40F4N4O/c1-22(2,3)13-17(20(28)32)30-16-10-11-29-21(19(16)24)31-12-4-5-18(31)14-6-8-15(9-7-14)23(25,26)27/h14-19,21,29-30H,4-13H2,1-3H3,(H2,28,32)/t14?,15?,16?,17-,18?,19?,21?/m1/s1. The summed E-state index contributed by atoms with van der Waals surface area (Å²) in [6, 6.07) is -0.965. The molecule has 0 aromatic rings. The Bertz CT molecular complexity index is 630. The molecule has 1 aliphatic carbocycles. The maximum Gasteiger partial charge on any atom is 0.391 e. The van der Waals surface area contributed by atoms with Crippen molar-refractivity contribution in [3.05, 3.63) is 0 Å². The van der Waals surface area contributed by atoms with Gasteiger partial charge in [0, 0.05) is 18.6 Å². The number of halogens is 4. The number of piperidine rings is 1. The van der Waals surface area contributed by atoms with Crippen molar-refractivity contribution < 1.29 is 22.4 Å². The van der Waals surface area contributed by atoms with Crippen molar-refractivity contribution in [2.45, 2.75) is 109 Å². The van der Waals surface area contributed by atoms with Crippen LogP contribution in [0.15, 0.2) is 0 Å². The van der Waals surface area contributed by atoms with Gasteiger partial charge in [0.15, 0.2) is 0 Å². The average Bonchev–Trinajstić information content (AvgIpc) is 3.17. The summed E-state index contributed by atoms with van der Waals surface area (Å²) in [6.45, 7) is 7.42. The van der Waals surface area contributed by atoms with Crippen molar-refractivity contribution in [3.63, 3.8) is 0 Å². The molecule has 5 atom stereocenters. The maximum absolute atomic E-state index is 15.7. The number of carbonyl (C=O) groups excluding carboxylic acids is 1. The molecule has 3 aliphatic rings. The first-order chi connectivity index (χ1) is 14.9. The second-order valence-corrected chi connectivity index (χ2v) is 11.2. The lowest BCUT2D eigenvalue weighted by molar-refractivity contribution is -0.185. The molecular formula is C23H40F4N4O. The summed E-state index contributed by atoms with van der Waals surface area (Å²) in [5.74, 6) is -1.49. The van der Waals surface area contributed by atoms with Gasteiger partial charge in [0.1, 0.15) is 6.17 Å². The Morgan fingerprint density at radius 3 is 2.34 bits per heavy atom. The summed E-state index contributed by atoms with van der Waals surface area (Å²) in [6.07, 6.45) is -1.47. The first-order valence-electron chi connectivity index (χ1n) is 12.1. The number of nitrogens with zero attached hydrogens (tertiary/aromatic N) is 1. The summed E-state index contributed by atoms with van der Waals surface area (Å²) < 4.78 is 54.9. The summed E-state index contributed by atoms with van der Waals surface area (Å²) in [7, 11) is 0. The van der Waals surface area contributed by atoms with Gasteiger partial charge < -0.3 is 5.73 Å². The number of likely N-dealkylation sites (tertiary alicyclic amines) is 1. The van der Waals surface area contributed by atoms with Gasteiger partial charge in [0.2, 0.25) is 5.91 Å². The Morgan fingerprint density at radius 2 is 1.78 bits per heavy atom. The van der Waals surface area contributed by atoms with Gasteiger partial charge >= 0.3 is 6.18 Å². The van der Waals surface area contributed by atoms with E-state index in [1.54, 1.807) is 0 Å². The summed E-state index contributed by atoms with van der Waals surface area (Å²) in [5, 5.41) is 6.50. The van der Waals surface area contributed by atoms with Gasteiger partial charge in [-0.2, -0.15) is 13.2 Å². The minimum absolute atomic E-state index is 0.111. The Balaban J connectivity index is 1.63. The van der Waals surface area contributed by atoms with Crippen LogP contribution in [0.2, 0.25) is 0 Å². The number of rotatable bonds is 6. The van der Waals surface area contributed by atoms with E-state index in [0.29, 0.717) is 32.2 Å². The van der Waals surface area contributed by atoms with Crippen molar-refractivity contribution in [3.8, 4) is 0 Å². The van der Waals surface area contributed by atoms with Crippen LogP contribution < -0.4 is 16.4 Å². The minimum Gasteiger partial charge on any atom is -0.368 e. The van der Waals surface area contributed by atoms with Crippen molar-refractivity contribution >= 4 is 5.91 Å². The fraction of sp³-hybridized carbons (Fsp3) is 0.957. The van der Waals surface area contributed by atoms with Gasteiger partial charge in [-0.15, -0.1) is 0 Å². The Kier molecular flexibility index (Phi) is 8.14. The zero-order chi connectivity index (χ0) is 23.7. The zero-order valence-corrected chi connectivity index (χ0v) is 19.6. The molecule has 0 aromatic heterocycles. The van der Waals surface area contributed by atoms with E-state index in [0.717, 1.165) is 19.4 Å². The van der Waals surface area contributed by atoms with E-state index in [1.807, 2.05) is 20.8 Å². The largest absolute Gasteiger partial charge is 0.391 e. The first kappa shape index (κ1) is 25.7. The molecule has 2 aliphatic heterocycles. The fourth-order valence-electron chi connectivity index (χ4n) is 5.96. The predicted octanol–water partition coefficient (Wildman–Crippen LogP) is 3.73. The first-order valence-corrected chi connectivity index (χ1v) is 12.1. The molecule has 0 aromatic carbocycles. The molecule has 0 radical (unpaired) electrons.